The first kappa shape index (κ1) is 30.2. The Morgan fingerprint density at radius 2 is 1.96 bits per heavy atom. The molecule has 6 heterocycles. The van der Waals surface area contributed by atoms with Crippen LogP contribution in [0.25, 0.3) is 33.3 Å². The molecule has 3 fully saturated rings. The molecule has 1 aromatic carbocycles. The molecule has 13 heteroatoms. The highest BCUT2D eigenvalue weighted by Crippen LogP contribution is 2.42. The number of fused-ring (bicyclic) bond motifs is 2. The van der Waals surface area contributed by atoms with Crippen molar-refractivity contribution >= 4 is 45.6 Å². The number of nitrogens with zero attached hydrogens (tertiary/aromatic N) is 7. The Morgan fingerprint density at radius 1 is 1.16 bits per heavy atom. The van der Waals surface area contributed by atoms with Gasteiger partial charge in [0.05, 0.1) is 35.5 Å². The van der Waals surface area contributed by atoms with Gasteiger partial charge in [0.15, 0.2) is 17.7 Å². The quantitative estimate of drug-likeness (QED) is 0.307. The maximum Gasteiger partial charge on any atom is 0.407 e. The van der Waals surface area contributed by atoms with Crippen molar-refractivity contribution in [2.45, 2.75) is 77.7 Å². The number of hydrogen-bond acceptors (Lipinski definition) is 9. The second-order valence-corrected chi connectivity index (χ2v) is 14.0. The summed E-state index contributed by atoms with van der Waals surface area (Å²) in [4.78, 5) is 25.3. The summed E-state index contributed by atoms with van der Waals surface area (Å²) in [5, 5.41) is 14.1. The van der Waals surface area contributed by atoms with E-state index in [1.54, 1.807) is 4.68 Å². The molecule has 1 amide bonds. The summed E-state index contributed by atoms with van der Waals surface area (Å²) in [5.74, 6) is 0.838. The van der Waals surface area contributed by atoms with E-state index in [9.17, 15) is 4.79 Å². The van der Waals surface area contributed by atoms with Crippen LogP contribution in [0.5, 0.6) is 0 Å². The SMILES string of the molecule is Cc1nc2c(-c3ccc4nn(C)cc4c3Cl)nn(C3CCCCO3)c2nc1N1CCC2(CC1)COC[C@H]2NC(=O)OC(C)(C)C. The van der Waals surface area contributed by atoms with Gasteiger partial charge in [-0.1, -0.05) is 11.6 Å². The van der Waals surface area contributed by atoms with Crippen LogP contribution >= 0.6 is 11.6 Å². The molecule has 7 rings (SSSR count). The number of hydrogen-bond donors (Lipinski definition) is 1. The number of anilines is 1. The van der Waals surface area contributed by atoms with E-state index >= 15 is 0 Å². The summed E-state index contributed by atoms with van der Waals surface area (Å²) < 4.78 is 21.3. The molecule has 1 unspecified atom stereocenters. The van der Waals surface area contributed by atoms with E-state index in [1.165, 1.54) is 0 Å². The summed E-state index contributed by atoms with van der Waals surface area (Å²) in [6, 6.07) is 3.83. The lowest BCUT2D eigenvalue weighted by molar-refractivity contribution is -0.0368. The number of nitrogens with one attached hydrogen (secondary N) is 1. The molecule has 3 aliphatic rings. The van der Waals surface area contributed by atoms with Gasteiger partial charge >= 0.3 is 6.09 Å². The van der Waals surface area contributed by atoms with Crippen molar-refractivity contribution in [3.05, 3.63) is 29.0 Å². The van der Waals surface area contributed by atoms with Gasteiger partial charge in [0, 0.05) is 49.3 Å². The lowest BCUT2D eigenvalue weighted by Gasteiger charge is -2.42. The van der Waals surface area contributed by atoms with Crippen LogP contribution < -0.4 is 10.2 Å². The van der Waals surface area contributed by atoms with E-state index in [0.29, 0.717) is 41.7 Å². The average molecular weight is 637 g/mol. The van der Waals surface area contributed by atoms with Crippen molar-refractivity contribution < 1.29 is 19.0 Å². The van der Waals surface area contributed by atoms with Crippen LogP contribution in [0.4, 0.5) is 10.6 Å². The molecule has 1 spiro atoms. The smallest absolute Gasteiger partial charge is 0.407 e. The third-order valence-corrected chi connectivity index (χ3v) is 9.67. The minimum Gasteiger partial charge on any atom is -0.444 e. The first-order valence-corrected chi connectivity index (χ1v) is 16.2. The minimum absolute atomic E-state index is 0.0986. The van der Waals surface area contributed by atoms with E-state index in [2.05, 4.69) is 15.3 Å². The number of amides is 1. The number of aromatic nitrogens is 6. The van der Waals surface area contributed by atoms with Crippen LogP contribution in [0.3, 0.4) is 0 Å². The predicted octanol–water partition coefficient (Wildman–Crippen LogP) is 5.55. The van der Waals surface area contributed by atoms with Gasteiger partial charge in [-0.2, -0.15) is 10.2 Å². The molecular formula is C32H41ClN8O4. The number of piperidine rings is 1. The molecular weight excluding hydrogens is 596 g/mol. The first-order valence-electron chi connectivity index (χ1n) is 15.8. The third kappa shape index (κ3) is 5.61. The van der Waals surface area contributed by atoms with Crippen LogP contribution in [0, 0.1) is 12.3 Å². The Morgan fingerprint density at radius 3 is 2.69 bits per heavy atom. The summed E-state index contributed by atoms with van der Waals surface area (Å²) in [6.45, 7) is 10.9. The minimum atomic E-state index is -0.555. The summed E-state index contributed by atoms with van der Waals surface area (Å²) in [6.07, 6.45) is 5.95. The number of aryl methyl sites for hydroxylation is 2. The zero-order valence-electron chi connectivity index (χ0n) is 26.6. The fraction of sp³-hybridized carbons (Fsp3) is 0.594. The molecule has 3 aromatic heterocycles. The molecule has 1 N–H and O–H groups in total. The van der Waals surface area contributed by atoms with Crippen molar-refractivity contribution in [3.8, 4) is 11.3 Å². The van der Waals surface area contributed by atoms with Crippen molar-refractivity contribution in [2.24, 2.45) is 12.5 Å². The number of ether oxygens (including phenoxy) is 3. The Balaban J connectivity index is 1.21. The molecule has 3 aliphatic heterocycles. The maximum atomic E-state index is 12.6. The Labute approximate surface area is 267 Å². The van der Waals surface area contributed by atoms with Crippen LogP contribution in [0.1, 0.15) is 64.8 Å². The molecule has 4 aromatic rings. The van der Waals surface area contributed by atoms with Gasteiger partial charge in [0.2, 0.25) is 0 Å². The number of alkyl carbamates (subject to hydrolysis) is 1. The van der Waals surface area contributed by atoms with Crippen LogP contribution in [-0.4, -0.2) is 80.2 Å². The number of carbonyl (C=O) groups is 1. The summed E-state index contributed by atoms with van der Waals surface area (Å²) in [7, 11) is 1.89. The monoisotopic (exact) mass is 636 g/mol. The average Bonchev–Trinajstić information content (AvgIpc) is 3.68. The summed E-state index contributed by atoms with van der Waals surface area (Å²) in [5.41, 5.74) is 3.83. The van der Waals surface area contributed by atoms with Gasteiger partial charge in [-0.25, -0.2) is 19.4 Å². The molecule has 12 nitrogen and oxygen atoms in total. The third-order valence-electron chi connectivity index (χ3n) is 9.26. The fourth-order valence-electron chi connectivity index (χ4n) is 6.94. The second-order valence-electron chi connectivity index (χ2n) is 13.6. The normalized spacial score (nSPS) is 22.0. The molecule has 0 aliphatic carbocycles. The number of carbonyl (C=O) groups excluding carboxylic acids is 1. The molecule has 0 saturated carbocycles. The zero-order valence-corrected chi connectivity index (χ0v) is 27.4. The van der Waals surface area contributed by atoms with E-state index in [4.69, 9.17) is 40.9 Å². The van der Waals surface area contributed by atoms with E-state index < -0.39 is 11.7 Å². The molecule has 45 heavy (non-hydrogen) atoms. The lowest BCUT2D eigenvalue weighted by atomic mass is 9.74. The Hall–Kier alpha value is -3.48. The van der Waals surface area contributed by atoms with E-state index in [0.717, 1.165) is 73.2 Å². The highest BCUT2D eigenvalue weighted by molar-refractivity contribution is 6.38. The molecule has 240 valence electrons. The van der Waals surface area contributed by atoms with Gasteiger partial charge < -0.3 is 24.4 Å². The van der Waals surface area contributed by atoms with Crippen molar-refractivity contribution in [3.63, 3.8) is 0 Å². The Kier molecular flexibility index (Phi) is 7.65. The summed E-state index contributed by atoms with van der Waals surface area (Å²) >= 11 is 6.98. The van der Waals surface area contributed by atoms with E-state index in [1.807, 2.05) is 57.8 Å². The van der Waals surface area contributed by atoms with Gasteiger partial charge in [-0.3, -0.25) is 4.68 Å². The topological polar surface area (TPSA) is 121 Å². The van der Waals surface area contributed by atoms with Crippen molar-refractivity contribution in [1.82, 2.24) is 34.8 Å². The van der Waals surface area contributed by atoms with Crippen LogP contribution in [-0.2, 0) is 21.3 Å². The standard InChI is InChI=1S/C32H41ClN8O4/c1-19-28(40-13-11-32(12-14-40)18-43-17-23(32)35-30(42)45-31(2,3)4)36-29-27(34-19)26(38-41(29)24-8-6-7-15-44-24)20-9-10-22-21(25(20)33)16-39(5)37-22/h9-10,16,23-24H,6-8,11-15,17-18H2,1-5H3,(H,35,42)/t23-,24?/m1/s1. The van der Waals surface area contributed by atoms with Crippen molar-refractivity contribution in [1.29, 1.82) is 0 Å². The lowest BCUT2D eigenvalue weighted by Crippen LogP contribution is -2.53. The van der Waals surface area contributed by atoms with Crippen LogP contribution in [0.2, 0.25) is 5.02 Å². The zero-order chi connectivity index (χ0) is 31.5. The molecule has 0 radical (unpaired) electrons. The second kappa shape index (κ2) is 11.4. The fourth-order valence-corrected chi connectivity index (χ4v) is 7.24. The number of benzene rings is 1. The highest BCUT2D eigenvalue weighted by Gasteiger charge is 2.47. The van der Waals surface area contributed by atoms with Gasteiger partial charge in [-0.05, 0) is 71.9 Å². The predicted molar refractivity (Wildman–Crippen MR) is 171 cm³/mol. The molecule has 0 bridgehead atoms. The number of rotatable bonds is 4. The molecule has 3 saturated heterocycles. The first-order chi connectivity index (χ1) is 21.5. The van der Waals surface area contributed by atoms with Gasteiger partial charge in [-0.15, -0.1) is 0 Å². The van der Waals surface area contributed by atoms with Crippen molar-refractivity contribution in [2.75, 3.05) is 37.8 Å². The highest BCUT2D eigenvalue weighted by atomic mass is 35.5. The largest absolute Gasteiger partial charge is 0.444 e. The van der Waals surface area contributed by atoms with Gasteiger partial charge in [0.1, 0.15) is 16.8 Å². The number of halogens is 1. The Bertz CT molecular complexity index is 1750. The maximum absolute atomic E-state index is 12.6. The van der Waals surface area contributed by atoms with Crippen LogP contribution in [0.15, 0.2) is 18.3 Å². The molecule has 2 atom stereocenters. The van der Waals surface area contributed by atoms with Gasteiger partial charge in [0.25, 0.3) is 0 Å². The van der Waals surface area contributed by atoms with E-state index in [-0.39, 0.29) is 17.7 Å².